The first-order chi connectivity index (χ1) is 51.8. The van der Waals surface area contributed by atoms with Crippen LogP contribution in [-0.4, -0.2) is 6.71 Å². The summed E-state index contributed by atoms with van der Waals surface area (Å²) in [6, 6.07) is 138. The van der Waals surface area contributed by atoms with E-state index in [4.69, 9.17) is 0 Å². The van der Waals surface area contributed by atoms with Crippen molar-refractivity contribution in [2.45, 2.75) is 26.2 Å². The van der Waals surface area contributed by atoms with Gasteiger partial charge in [-0.2, -0.15) is 0 Å². The van der Waals surface area contributed by atoms with E-state index < -0.39 is 0 Å². The zero-order chi connectivity index (χ0) is 69.6. The highest BCUT2D eigenvalue weighted by atomic mass is 15.2. The highest BCUT2D eigenvalue weighted by molar-refractivity contribution is 7.00. The summed E-state index contributed by atoms with van der Waals surface area (Å²) in [4.78, 5) is 5.48. The van der Waals surface area contributed by atoms with Crippen molar-refractivity contribution < 1.29 is 0 Å². The third-order valence-corrected chi connectivity index (χ3v) is 23.0. The van der Waals surface area contributed by atoms with Crippen molar-refractivity contribution in [3.05, 3.63) is 370 Å². The molecule has 105 heavy (non-hydrogen) atoms. The van der Waals surface area contributed by atoms with Gasteiger partial charge in [-0.25, -0.2) is 0 Å². The number of rotatable bonds is 8. The van der Waals surface area contributed by atoms with E-state index in [1.54, 1.807) is 0 Å². The van der Waals surface area contributed by atoms with Crippen molar-refractivity contribution in [1.82, 2.24) is 0 Å². The van der Waals surface area contributed by atoms with Crippen LogP contribution in [-0.2, 0) is 5.41 Å². The Balaban J connectivity index is 0.939. The molecule has 0 amide bonds. The van der Waals surface area contributed by atoms with Gasteiger partial charge in [0, 0.05) is 45.0 Å². The number of hydrogen-bond donors (Lipinski definition) is 0. The van der Waals surface area contributed by atoms with Crippen LogP contribution in [0.2, 0.25) is 0 Å². The fourth-order valence-electron chi connectivity index (χ4n) is 18.1. The number of benzene rings is 19. The molecule has 490 valence electrons. The van der Waals surface area contributed by atoms with E-state index >= 15 is 0 Å². The molecular weight excluding hydrogens is 1260 g/mol. The Labute approximate surface area is 611 Å². The van der Waals surface area contributed by atoms with Gasteiger partial charge in [0.25, 0.3) is 6.71 Å². The normalized spacial score (nSPS) is 12.7. The molecule has 19 aromatic carbocycles. The van der Waals surface area contributed by atoms with Crippen LogP contribution in [0, 0.1) is 0 Å². The lowest BCUT2D eigenvalue weighted by Gasteiger charge is -2.46. The Morgan fingerprint density at radius 3 is 0.819 bits per heavy atom. The molecule has 0 fully saturated rings. The van der Waals surface area contributed by atoms with Gasteiger partial charge in [0.15, 0.2) is 0 Å². The SMILES string of the molecule is CC(C)(C)c1cc2c3c(c1)N(c1c(-c4cccc5c4ccc4ccccc45)cccc1-c1cccc4c1ccc1ccccc14)c1ccc(-c4ccccc4)cc1B3c1cc(-c3ccccc3)ccc1N2c1c(-c2cccc3c2ccc2ccccc23)cccc1-c1cccc2c1ccc1ccccc12. The maximum Gasteiger partial charge on any atom is 0.252 e. The van der Waals surface area contributed by atoms with Crippen LogP contribution in [0.4, 0.5) is 34.1 Å². The topological polar surface area (TPSA) is 6.48 Å². The van der Waals surface area contributed by atoms with Crippen molar-refractivity contribution in [2.24, 2.45) is 0 Å². The zero-order valence-electron chi connectivity index (χ0n) is 58.6. The van der Waals surface area contributed by atoms with Crippen LogP contribution in [0.3, 0.4) is 0 Å². The molecule has 0 aromatic heterocycles. The van der Waals surface area contributed by atoms with Crippen LogP contribution >= 0.6 is 0 Å². The molecule has 0 N–H and O–H groups in total. The summed E-state index contributed by atoms with van der Waals surface area (Å²) in [5.41, 5.74) is 25.5. The van der Waals surface area contributed by atoms with Gasteiger partial charge in [-0.1, -0.05) is 360 Å². The molecule has 2 nitrogen and oxygen atoms in total. The number of nitrogens with zero attached hydrogens (tertiary/aromatic N) is 2. The monoisotopic (exact) mass is 1330 g/mol. The van der Waals surface area contributed by atoms with Crippen LogP contribution in [0.15, 0.2) is 364 Å². The van der Waals surface area contributed by atoms with Gasteiger partial charge in [0.1, 0.15) is 0 Å². The molecule has 0 saturated carbocycles. The van der Waals surface area contributed by atoms with Gasteiger partial charge >= 0.3 is 0 Å². The molecule has 2 aliphatic rings. The first-order valence-corrected chi connectivity index (χ1v) is 36.8. The summed E-state index contributed by atoms with van der Waals surface area (Å²) < 4.78 is 0. The minimum absolute atomic E-state index is 0.249. The lowest BCUT2D eigenvalue weighted by molar-refractivity contribution is 0.590. The number of fused-ring (bicyclic) bond motifs is 16. The zero-order valence-corrected chi connectivity index (χ0v) is 58.6. The van der Waals surface area contributed by atoms with Crippen molar-refractivity contribution >= 4 is 143 Å². The molecule has 0 spiro atoms. The molecule has 2 aliphatic heterocycles. The van der Waals surface area contributed by atoms with E-state index in [1.807, 2.05) is 0 Å². The summed E-state index contributed by atoms with van der Waals surface area (Å²) in [7, 11) is 0. The van der Waals surface area contributed by atoms with Gasteiger partial charge in [-0.3, -0.25) is 0 Å². The van der Waals surface area contributed by atoms with E-state index in [9.17, 15) is 0 Å². The number of anilines is 6. The molecule has 0 aliphatic carbocycles. The fourth-order valence-corrected chi connectivity index (χ4v) is 18.1. The molecule has 3 heteroatoms. The highest BCUT2D eigenvalue weighted by Crippen LogP contribution is 2.56. The van der Waals surface area contributed by atoms with Gasteiger partial charge in [0.05, 0.1) is 11.4 Å². The third-order valence-electron chi connectivity index (χ3n) is 23.0. The molecular formula is C102H69BN2. The minimum atomic E-state index is -0.335. The molecule has 0 unspecified atom stereocenters. The Hall–Kier alpha value is -13.1. The smallest absolute Gasteiger partial charge is 0.252 e. The second-order valence-electron chi connectivity index (χ2n) is 29.7. The first-order valence-electron chi connectivity index (χ1n) is 36.8. The minimum Gasteiger partial charge on any atom is -0.310 e. The predicted octanol–water partition coefficient (Wildman–Crippen LogP) is 26.3. The van der Waals surface area contributed by atoms with Gasteiger partial charge in [-0.15, -0.1) is 0 Å². The summed E-state index contributed by atoms with van der Waals surface area (Å²) in [6.07, 6.45) is 0. The lowest BCUT2D eigenvalue weighted by Crippen LogP contribution is -2.61. The van der Waals surface area contributed by atoms with Crippen LogP contribution in [0.1, 0.15) is 26.3 Å². The van der Waals surface area contributed by atoms with Crippen LogP contribution in [0.5, 0.6) is 0 Å². The Morgan fingerprint density at radius 2 is 0.495 bits per heavy atom. The lowest BCUT2D eigenvalue weighted by atomic mass is 9.33. The quantitative estimate of drug-likeness (QED) is 0.111. The van der Waals surface area contributed by atoms with Gasteiger partial charge in [0.2, 0.25) is 0 Å². The van der Waals surface area contributed by atoms with Crippen molar-refractivity contribution in [2.75, 3.05) is 9.80 Å². The Bertz CT molecular complexity index is 6170. The Kier molecular flexibility index (Phi) is 13.7. The summed E-state index contributed by atoms with van der Waals surface area (Å²) >= 11 is 0. The maximum atomic E-state index is 2.74. The second kappa shape index (κ2) is 23.8. The summed E-state index contributed by atoms with van der Waals surface area (Å²) in [5.74, 6) is 0. The van der Waals surface area contributed by atoms with Crippen molar-refractivity contribution in [3.8, 4) is 66.8 Å². The summed E-state index contributed by atoms with van der Waals surface area (Å²) in [6.45, 7) is 6.96. The van der Waals surface area contributed by atoms with Crippen molar-refractivity contribution in [1.29, 1.82) is 0 Å². The molecule has 0 saturated heterocycles. The van der Waals surface area contributed by atoms with E-state index in [-0.39, 0.29) is 12.1 Å². The standard InChI is InChI=1S/C102H69BN2/c1-102(2,3)72-62-97-99-98(63-72)105(101-91(83-42-20-38-79-75-34-16-12-30-68(75)50-56-87(79)83)46-23-47-92(101)84-43-21-39-80-76-35-17-13-31-69(76)51-57-88(80)84)96-59-53-71(65-26-8-5-9-27-65)61-94(96)103(99)93-60-70(64-24-6-4-7-25-64)52-58-95(93)104(97)100-89(81-40-18-36-77-73-32-14-10-28-66(73)48-54-85(77)81)44-22-45-90(100)82-41-19-37-78-74-33-15-11-29-67(74)49-55-86(78)82/h4-63H,1-3H3. The average Bonchev–Trinajstić information content (AvgIpc) is 0.686. The largest absolute Gasteiger partial charge is 0.310 e. The van der Waals surface area contributed by atoms with Crippen LogP contribution < -0.4 is 26.2 Å². The maximum absolute atomic E-state index is 2.74. The van der Waals surface area contributed by atoms with E-state index in [1.165, 1.54) is 153 Å². The predicted molar refractivity (Wildman–Crippen MR) is 452 cm³/mol. The fraction of sp³-hybridized carbons (Fsp3) is 0.0392. The van der Waals surface area contributed by atoms with Gasteiger partial charge < -0.3 is 9.80 Å². The molecule has 19 aromatic rings. The molecule has 0 atom stereocenters. The molecule has 2 heterocycles. The third kappa shape index (κ3) is 9.51. The Morgan fingerprint density at radius 1 is 0.210 bits per heavy atom. The summed E-state index contributed by atoms with van der Waals surface area (Å²) in [5, 5.41) is 19.6. The number of hydrogen-bond acceptors (Lipinski definition) is 2. The van der Waals surface area contributed by atoms with Crippen LogP contribution in [0.25, 0.3) is 153 Å². The van der Waals surface area contributed by atoms with E-state index in [2.05, 4.69) is 395 Å². The van der Waals surface area contributed by atoms with E-state index in [0.717, 1.165) is 56.4 Å². The molecule has 0 bridgehead atoms. The molecule has 21 rings (SSSR count). The number of para-hydroxylation sites is 2. The average molecular weight is 1330 g/mol. The highest BCUT2D eigenvalue weighted by Gasteiger charge is 2.46. The molecule has 0 radical (unpaired) electrons. The van der Waals surface area contributed by atoms with Gasteiger partial charge in [-0.05, 0) is 182 Å². The van der Waals surface area contributed by atoms with E-state index in [0.29, 0.717) is 0 Å². The first kappa shape index (κ1) is 60.7. The van der Waals surface area contributed by atoms with Crippen molar-refractivity contribution in [3.63, 3.8) is 0 Å². The second-order valence-corrected chi connectivity index (χ2v) is 29.7.